The van der Waals surface area contributed by atoms with Crippen molar-refractivity contribution in [2.24, 2.45) is 0 Å². The number of ether oxygens (including phenoxy) is 1. The lowest BCUT2D eigenvalue weighted by molar-refractivity contribution is -0.123. The average molecular weight is 313 g/mol. The second kappa shape index (κ2) is 7.45. The van der Waals surface area contributed by atoms with Crippen LogP contribution >= 0.6 is 0 Å². The van der Waals surface area contributed by atoms with Gasteiger partial charge in [-0.05, 0) is 54.8 Å². The summed E-state index contributed by atoms with van der Waals surface area (Å²) in [6.07, 6.45) is 0. The first-order valence-electron chi connectivity index (χ1n) is 7.24. The van der Waals surface area contributed by atoms with Crippen molar-refractivity contribution < 1.29 is 19.4 Å². The van der Waals surface area contributed by atoms with Crippen LogP contribution in [0.15, 0.2) is 42.5 Å². The summed E-state index contributed by atoms with van der Waals surface area (Å²) in [4.78, 5) is 22.6. The molecule has 1 amide bonds. The van der Waals surface area contributed by atoms with Crippen LogP contribution in [0.3, 0.4) is 0 Å². The molecule has 0 aliphatic carbocycles. The van der Waals surface area contributed by atoms with Gasteiger partial charge in [-0.2, -0.15) is 0 Å². The highest BCUT2D eigenvalue weighted by molar-refractivity contribution is 5.87. The van der Waals surface area contributed by atoms with Crippen molar-refractivity contribution in [2.45, 2.75) is 20.4 Å². The summed E-state index contributed by atoms with van der Waals surface area (Å²) >= 11 is 0. The Morgan fingerprint density at radius 1 is 1.04 bits per heavy atom. The molecule has 0 radical (unpaired) electrons. The predicted molar refractivity (Wildman–Crippen MR) is 86.7 cm³/mol. The zero-order valence-corrected chi connectivity index (χ0v) is 13.1. The van der Waals surface area contributed by atoms with Crippen molar-refractivity contribution in [1.82, 2.24) is 5.32 Å². The fraction of sp³-hybridized carbons (Fsp3) is 0.222. The molecule has 0 saturated carbocycles. The Labute approximate surface area is 134 Å². The highest BCUT2D eigenvalue weighted by atomic mass is 16.5. The molecule has 2 N–H and O–H groups in total. The van der Waals surface area contributed by atoms with Crippen molar-refractivity contribution >= 4 is 11.9 Å². The first-order valence-corrected chi connectivity index (χ1v) is 7.24. The third-order valence-electron chi connectivity index (χ3n) is 3.26. The van der Waals surface area contributed by atoms with Crippen LogP contribution in [0.1, 0.15) is 27.0 Å². The fourth-order valence-corrected chi connectivity index (χ4v) is 2.18. The highest BCUT2D eigenvalue weighted by Gasteiger charge is 2.05. The molecule has 0 fully saturated rings. The smallest absolute Gasteiger partial charge is 0.335 e. The Hall–Kier alpha value is -2.82. The Balaban J connectivity index is 1.81. The van der Waals surface area contributed by atoms with E-state index in [4.69, 9.17) is 9.84 Å². The Bertz CT molecular complexity index is 687. The number of carboxylic acids is 1. The minimum Gasteiger partial charge on any atom is -0.484 e. The molecule has 0 aliphatic heterocycles. The van der Waals surface area contributed by atoms with Gasteiger partial charge in [0.2, 0.25) is 0 Å². The van der Waals surface area contributed by atoms with Gasteiger partial charge in [-0.15, -0.1) is 0 Å². The van der Waals surface area contributed by atoms with Gasteiger partial charge >= 0.3 is 5.97 Å². The van der Waals surface area contributed by atoms with Gasteiger partial charge in [0.15, 0.2) is 6.61 Å². The first kappa shape index (κ1) is 16.5. The zero-order chi connectivity index (χ0) is 16.8. The predicted octanol–water partition coefficient (Wildman–Crippen LogP) is 2.70. The summed E-state index contributed by atoms with van der Waals surface area (Å²) in [5.41, 5.74) is 3.21. The van der Waals surface area contributed by atoms with Crippen LogP contribution in [-0.2, 0) is 11.3 Å². The second-order valence-electron chi connectivity index (χ2n) is 5.39. The molecule has 0 atom stereocenters. The largest absolute Gasteiger partial charge is 0.484 e. The van der Waals surface area contributed by atoms with E-state index in [1.165, 1.54) is 12.1 Å². The van der Waals surface area contributed by atoms with E-state index >= 15 is 0 Å². The van der Waals surface area contributed by atoms with Crippen molar-refractivity contribution in [3.8, 4) is 5.75 Å². The maximum absolute atomic E-state index is 11.8. The van der Waals surface area contributed by atoms with Crippen molar-refractivity contribution in [3.63, 3.8) is 0 Å². The van der Waals surface area contributed by atoms with Crippen LogP contribution < -0.4 is 10.1 Å². The van der Waals surface area contributed by atoms with E-state index < -0.39 is 5.97 Å². The van der Waals surface area contributed by atoms with Crippen LogP contribution in [-0.4, -0.2) is 23.6 Å². The SMILES string of the molecule is Cc1cc(C)cc(OCC(=O)NCc2ccc(C(=O)O)cc2)c1. The minimum absolute atomic E-state index is 0.0594. The van der Waals surface area contributed by atoms with Crippen LogP contribution in [0.5, 0.6) is 5.75 Å². The number of aryl methyl sites for hydroxylation is 2. The lowest BCUT2D eigenvalue weighted by atomic mass is 10.1. The quantitative estimate of drug-likeness (QED) is 0.860. The van der Waals surface area contributed by atoms with E-state index in [0.29, 0.717) is 12.3 Å². The molecule has 0 spiro atoms. The van der Waals surface area contributed by atoms with E-state index in [1.54, 1.807) is 12.1 Å². The van der Waals surface area contributed by atoms with Crippen LogP contribution in [0.2, 0.25) is 0 Å². The molecule has 5 nitrogen and oxygen atoms in total. The molecule has 120 valence electrons. The maximum atomic E-state index is 11.8. The molecule has 2 aromatic carbocycles. The monoisotopic (exact) mass is 313 g/mol. The van der Waals surface area contributed by atoms with E-state index in [-0.39, 0.29) is 18.1 Å². The third-order valence-corrected chi connectivity index (χ3v) is 3.26. The molecule has 0 bridgehead atoms. The number of nitrogens with one attached hydrogen (secondary N) is 1. The lowest BCUT2D eigenvalue weighted by Gasteiger charge is -2.09. The number of carbonyl (C=O) groups is 2. The summed E-state index contributed by atoms with van der Waals surface area (Å²) < 4.78 is 5.48. The normalized spacial score (nSPS) is 10.2. The summed E-state index contributed by atoms with van der Waals surface area (Å²) in [5, 5.41) is 11.6. The minimum atomic E-state index is -0.970. The van der Waals surface area contributed by atoms with Crippen molar-refractivity contribution in [2.75, 3.05) is 6.61 Å². The number of amides is 1. The third kappa shape index (κ3) is 5.14. The number of rotatable bonds is 6. The Morgan fingerprint density at radius 3 is 2.22 bits per heavy atom. The summed E-state index contributed by atoms with van der Waals surface area (Å²) in [6, 6.07) is 12.2. The zero-order valence-electron chi connectivity index (χ0n) is 13.1. The van der Waals surface area contributed by atoms with Gasteiger partial charge < -0.3 is 15.2 Å². The molecule has 0 aromatic heterocycles. The number of carboxylic acid groups (broad SMARTS) is 1. The number of carbonyl (C=O) groups excluding carboxylic acids is 1. The number of hydrogen-bond acceptors (Lipinski definition) is 3. The summed E-state index contributed by atoms with van der Waals surface area (Å²) in [7, 11) is 0. The second-order valence-corrected chi connectivity index (χ2v) is 5.39. The van der Waals surface area contributed by atoms with Gasteiger partial charge in [0.25, 0.3) is 5.91 Å². The topological polar surface area (TPSA) is 75.6 Å². The van der Waals surface area contributed by atoms with Crippen molar-refractivity contribution in [3.05, 3.63) is 64.7 Å². The molecule has 0 heterocycles. The average Bonchev–Trinajstić information content (AvgIpc) is 2.50. The molecule has 0 saturated heterocycles. The van der Waals surface area contributed by atoms with Gasteiger partial charge in [-0.25, -0.2) is 4.79 Å². The molecule has 2 aromatic rings. The van der Waals surface area contributed by atoms with Gasteiger partial charge in [-0.1, -0.05) is 18.2 Å². The number of benzene rings is 2. The molecule has 2 rings (SSSR count). The van der Waals surface area contributed by atoms with E-state index in [9.17, 15) is 9.59 Å². The van der Waals surface area contributed by atoms with Crippen molar-refractivity contribution in [1.29, 1.82) is 0 Å². The Kier molecular flexibility index (Phi) is 5.36. The van der Waals surface area contributed by atoms with E-state index in [2.05, 4.69) is 5.32 Å². The molecule has 0 unspecified atom stereocenters. The molecule has 0 aliphatic rings. The van der Waals surface area contributed by atoms with Crippen LogP contribution in [0.25, 0.3) is 0 Å². The van der Waals surface area contributed by atoms with E-state index in [0.717, 1.165) is 16.7 Å². The highest BCUT2D eigenvalue weighted by Crippen LogP contribution is 2.15. The van der Waals surface area contributed by atoms with Crippen LogP contribution in [0.4, 0.5) is 0 Å². The fourth-order valence-electron chi connectivity index (χ4n) is 2.18. The van der Waals surface area contributed by atoms with Gasteiger partial charge in [0.05, 0.1) is 5.56 Å². The standard InChI is InChI=1S/C18H19NO4/c1-12-7-13(2)9-16(8-12)23-11-17(20)19-10-14-3-5-15(6-4-14)18(21)22/h3-9H,10-11H2,1-2H3,(H,19,20)(H,21,22). The van der Waals surface area contributed by atoms with E-state index in [1.807, 2.05) is 32.0 Å². The van der Waals surface area contributed by atoms with Gasteiger partial charge in [0.1, 0.15) is 5.75 Å². The molecule has 5 heteroatoms. The summed E-state index contributed by atoms with van der Waals surface area (Å²) in [5.74, 6) is -0.530. The molecule has 23 heavy (non-hydrogen) atoms. The number of aromatic carboxylic acids is 1. The van der Waals surface area contributed by atoms with Gasteiger partial charge in [-0.3, -0.25) is 4.79 Å². The maximum Gasteiger partial charge on any atom is 0.335 e. The van der Waals surface area contributed by atoms with Gasteiger partial charge in [0, 0.05) is 6.54 Å². The lowest BCUT2D eigenvalue weighted by Crippen LogP contribution is -2.28. The van der Waals surface area contributed by atoms with Crippen LogP contribution in [0, 0.1) is 13.8 Å². The molecular weight excluding hydrogens is 294 g/mol. The Morgan fingerprint density at radius 2 is 1.65 bits per heavy atom. The summed E-state index contributed by atoms with van der Waals surface area (Å²) in [6.45, 7) is 4.21. The molecular formula is C18H19NO4. The number of hydrogen-bond donors (Lipinski definition) is 2. The first-order chi connectivity index (χ1) is 10.9.